The Morgan fingerprint density at radius 2 is 2.00 bits per heavy atom. The van der Waals surface area contributed by atoms with Crippen molar-refractivity contribution >= 4 is 29.9 Å². The molecule has 1 aromatic carbocycles. The Kier molecular flexibility index (Phi) is 7.68. The van der Waals surface area contributed by atoms with Crippen LogP contribution in [0.1, 0.15) is 36.2 Å². The molecule has 2 aromatic rings. The van der Waals surface area contributed by atoms with E-state index in [-0.39, 0.29) is 24.0 Å². The van der Waals surface area contributed by atoms with Gasteiger partial charge < -0.3 is 10.2 Å². The summed E-state index contributed by atoms with van der Waals surface area (Å²) in [6.07, 6.45) is 1.18. The van der Waals surface area contributed by atoms with Crippen molar-refractivity contribution in [3.05, 3.63) is 65.5 Å². The molecule has 2 heterocycles. The van der Waals surface area contributed by atoms with Gasteiger partial charge in [-0.1, -0.05) is 36.4 Å². The summed E-state index contributed by atoms with van der Waals surface area (Å²) in [5.74, 6) is 1.59. The molecule has 0 bridgehead atoms. The molecule has 1 aliphatic rings. The van der Waals surface area contributed by atoms with Gasteiger partial charge in [-0.15, -0.1) is 24.0 Å². The van der Waals surface area contributed by atoms with E-state index in [2.05, 4.69) is 52.5 Å². The Morgan fingerprint density at radius 3 is 2.72 bits per heavy atom. The summed E-state index contributed by atoms with van der Waals surface area (Å²) < 4.78 is 0. The van der Waals surface area contributed by atoms with Gasteiger partial charge >= 0.3 is 0 Å². The third kappa shape index (κ3) is 5.42. The Balaban J connectivity index is 0.00000225. The zero-order chi connectivity index (χ0) is 16.8. The van der Waals surface area contributed by atoms with Crippen LogP contribution in [0.15, 0.2) is 53.5 Å². The number of benzene rings is 1. The van der Waals surface area contributed by atoms with Gasteiger partial charge in [-0.05, 0) is 38.0 Å². The van der Waals surface area contributed by atoms with Crippen molar-refractivity contribution in [3.8, 4) is 0 Å². The summed E-state index contributed by atoms with van der Waals surface area (Å²) in [5.41, 5.74) is 3.48. The van der Waals surface area contributed by atoms with Gasteiger partial charge in [0, 0.05) is 31.2 Å². The minimum Gasteiger partial charge on any atom is -0.357 e. The number of pyridine rings is 1. The van der Waals surface area contributed by atoms with Crippen molar-refractivity contribution < 1.29 is 0 Å². The van der Waals surface area contributed by atoms with Crippen LogP contribution in [0.2, 0.25) is 0 Å². The zero-order valence-electron chi connectivity index (χ0n) is 15.0. The molecule has 1 unspecified atom stereocenters. The summed E-state index contributed by atoms with van der Waals surface area (Å²) in [6.45, 7) is 7.71. The number of aromatic nitrogens is 1. The third-order valence-electron chi connectivity index (χ3n) is 4.43. The van der Waals surface area contributed by atoms with Crippen molar-refractivity contribution in [2.24, 2.45) is 4.99 Å². The second-order valence-electron chi connectivity index (χ2n) is 6.28. The normalized spacial score (nSPS) is 17.3. The van der Waals surface area contributed by atoms with Gasteiger partial charge in [0.25, 0.3) is 0 Å². The molecule has 0 radical (unpaired) electrons. The van der Waals surface area contributed by atoms with Gasteiger partial charge in [0.2, 0.25) is 0 Å². The van der Waals surface area contributed by atoms with E-state index in [9.17, 15) is 0 Å². The number of rotatable bonds is 4. The molecule has 0 saturated carbocycles. The highest BCUT2D eigenvalue weighted by Crippen LogP contribution is 2.26. The molecule has 1 saturated heterocycles. The first-order valence-corrected chi connectivity index (χ1v) is 8.77. The Hall–Kier alpha value is -1.63. The molecular weight excluding hydrogens is 423 g/mol. The van der Waals surface area contributed by atoms with Crippen LogP contribution < -0.4 is 5.32 Å². The Labute approximate surface area is 167 Å². The number of likely N-dealkylation sites (tertiary alicyclic amines) is 1. The topological polar surface area (TPSA) is 40.5 Å². The highest BCUT2D eigenvalue weighted by atomic mass is 127. The molecule has 1 aliphatic heterocycles. The number of hydrogen-bond donors (Lipinski definition) is 1. The fraction of sp³-hybridized carbons (Fsp3) is 0.400. The summed E-state index contributed by atoms with van der Waals surface area (Å²) in [6, 6.07) is 16.9. The van der Waals surface area contributed by atoms with Crippen molar-refractivity contribution in [2.75, 3.05) is 19.6 Å². The first kappa shape index (κ1) is 19.7. The fourth-order valence-electron chi connectivity index (χ4n) is 3.22. The highest BCUT2D eigenvalue weighted by Gasteiger charge is 2.25. The minimum absolute atomic E-state index is 0. The van der Waals surface area contributed by atoms with Crippen molar-refractivity contribution in [1.29, 1.82) is 0 Å². The molecule has 134 valence electrons. The number of guanidine groups is 1. The van der Waals surface area contributed by atoms with Gasteiger partial charge in [0.05, 0.1) is 12.2 Å². The van der Waals surface area contributed by atoms with Gasteiger partial charge in [-0.25, -0.2) is 4.99 Å². The van der Waals surface area contributed by atoms with Gasteiger partial charge in [0.15, 0.2) is 5.96 Å². The van der Waals surface area contributed by atoms with E-state index in [0.717, 1.165) is 37.0 Å². The molecule has 25 heavy (non-hydrogen) atoms. The van der Waals surface area contributed by atoms with Crippen LogP contribution >= 0.6 is 24.0 Å². The van der Waals surface area contributed by atoms with E-state index in [4.69, 9.17) is 4.99 Å². The lowest BCUT2D eigenvalue weighted by Crippen LogP contribution is -2.40. The maximum atomic E-state index is 4.80. The van der Waals surface area contributed by atoms with E-state index in [1.54, 1.807) is 0 Å². The summed E-state index contributed by atoms with van der Waals surface area (Å²) >= 11 is 0. The molecule has 1 aromatic heterocycles. The molecule has 1 atom stereocenters. The minimum atomic E-state index is 0. The third-order valence-corrected chi connectivity index (χ3v) is 4.43. The lowest BCUT2D eigenvalue weighted by molar-refractivity contribution is 0.486. The smallest absolute Gasteiger partial charge is 0.194 e. The average Bonchev–Trinajstić information content (AvgIpc) is 3.09. The van der Waals surface area contributed by atoms with Crippen LogP contribution in [0.5, 0.6) is 0 Å². The van der Waals surface area contributed by atoms with Crippen LogP contribution in [0, 0.1) is 6.92 Å². The average molecular weight is 450 g/mol. The van der Waals surface area contributed by atoms with Gasteiger partial charge in [-0.3, -0.25) is 4.98 Å². The van der Waals surface area contributed by atoms with Gasteiger partial charge in [-0.2, -0.15) is 0 Å². The first-order chi connectivity index (χ1) is 11.8. The molecule has 1 N–H and O–H groups in total. The number of halogens is 1. The van der Waals surface area contributed by atoms with Crippen molar-refractivity contribution in [1.82, 2.24) is 15.2 Å². The number of hydrogen-bond acceptors (Lipinski definition) is 2. The second kappa shape index (κ2) is 9.75. The van der Waals surface area contributed by atoms with Crippen LogP contribution in [-0.4, -0.2) is 35.5 Å². The summed E-state index contributed by atoms with van der Waals surface area (Å²) in [7, 11) is 0. The second-order valence-corrected chi connectivity index (χ2v) is 6.28. The molecule has 5 heteroatoms. The predicted octanol–water partition coefficient (Wildman–Crippen LogP) is 3.96. The van der Waals surface area contributed by atoms with E-state index in [0.29, 0.717) is 12.5 Å². The molecule has 4 nitrogen and oxygen atoms in total. The monoisotopic (exact) mass is 450 g/mol. The fourth-order valence-corrected chi connectivity index (χ4v) is 3.22. The predicted molar refractivity (Wildman–Crippen MR) is 115 cm³/mol. The Morgan fingerprint density at radius 1 is 1.20 bits per heavy atom. The molecular formula is C20H27IN4. The molecule has 0 spiro atoms. The largest absolute Gasteiger partial charge is 0.357 e. The van der Waals surface area contributed by atoms with Gasteiger partial charge in [0.1, 0.15) is 0 Å². The molecule has 1 fully saturated rings. The quantitative estimate of drug-likeness (QED) is 0.436. The van der Waals surface area contributed by atoms with Crippen LogP contribution in [0.3, 0.4) is 0 Å². The van der Waals surface area contributed by atoms with Crippen molar-refractivity contribution in [3.63, 3.8) is 0 Å². The highest BCUT2D eigenvalue weighted by molar-refractivity contribution is 14.0. The zero-order valence-corrected chi connectivity index (χ0v) is 17.3. The number of aliphatic imine (C=N–C) groups is 1. The maximum absolute atomic E-state index is 4.80. The first-order valence-electron chi connectivity index (χ1n) is 8.77. The molecule has 0 aliphatic carbocycles. The summed E-state index contributed by atoms with van der Waals surface area (Å²) in [4.78, 5) is 11.7. The summed E-state index contributed by atoms with van der Waals surface area (Å²) in [5, 5.41) is 3.43. The van der Waals surface area contributed by atoms with E-state index in [1.807, 2.05) is 25.1 Å². The Bertz CT molecular complexity index is 687. The van der Waals surface area contributed by atoms with Crippen LogP contribution in [0.25, 0.3) is 0 Å². The van der Waals surface area contributed by atoms with E-state index >= 15 is 0 Å². The lowest BCUT2D eigenvalue weighted by Gasteiger charge is -2.21. The SMILES string of the molecule is CCNC(=NCc1cccc(C)n1)N1CCC(c2ccccc2)C1.I. The van der Waals surface area contributed by atoms with Crippen LogP contribution in [-0.2, 0) is 6.54 Å². The van der Waals surface area contributed by atoms with E-state index in [1.165, 1.54) is 12.0 Å². The standard InChI is InChI=1S/C20H26N4.HI/c1-3-21-20(22-14-19-11-7-8-16(2)23-19)24-13-12-18(15-24)17-9-5-4-6-10-17;/h4-11,18H,3,12-15H2,1-2H3,(H,21,22);1H. The number of aryl methyl sites for hydroxylation is 1. The molecule has 3 rings (SSSR count). The van der Waals surface area contributed by atoms with Crippen molar-refractivity contribution in [2.45, 2.75) is 32.7 Å². The number of nitrogens with one attached hydrogen (secondary N) is 1. The maximum Gasteiger partial charge on any atom is 0.194 e. The molecule has 0 amide bonds. The lowest BCUT2D eigenvalue weighted by atomic mass is 9.99. The van der Waals surface area contributed by atoms with E-state index < -0.39 is 0 Å². The number of nitrogens with zero attached hydrogens (tertiary/aromatic N) is 3. The van der Waals surface area contributed by atoms with Crippen LogP contribution in [0.4, 0.5) is 0 Å².